The first kappa shape index (κ1) is 21.9. The summed E-state index contributed by atoms with van der Waals surface area (Å²) in [6.45, 7) is 7.24. The standard InChI is InChI=1S/C19H29FO7/c1-6-13-19(5,25)16(23)14(20)15-9(2)8-18(4,27-15)12(22)7-11(21)10(3)17(24)26-13/h9-11,13-15,21,25H,6-8H2,1-5H3/t9-,10-,11+,13-,14-,15+,18-,19-/m1/s1. The third-order valence-corrected chi connectivity index (χ3v) is 5.90. The topological polar surface area (TPSA) is 110 Å². The summed E-state index contributed by atoms with van der Waals surface area (Å²) >= 11 is 0. The van der Waals surface area contributed by atoms with Crippen LogP contribution in [0.15, 0.2) is 0 Å². The Morgan fingerprint density at radius 1 is 1.22 bits per heavy atom. The van der Waals surface area contributed by atoms with Crippen LogP contribution in [0.25, 0.3) is 0 Å². The number of ketones is 2. The van der Waals surface area contributed by atoms with Gasteiger partial charge < -0.3 is 19.7 Å². The van der Waals surface area contributed by atoms with E-state index in [0.717, 1.165) is 6.92 Å². The highest BCUT2D eigenvalue weighted by Gasteiger charge is 2.55. The molecule has 0 amide bonds. The van der Waals surface area contributed by atoms with Crippen molar-refractivity contribution in [2.45, 2.75) is 89.6 Å². The number of alkyl halides is 1. The zero-order valence-corrected chi connectivity index (χ0v) is 16.4. The monoisotopic (exact) mass is 388 g/mol. The molecule has 2 aliphatic rings. The predicted molar refractivity (Wildman–Crippen MR) is 92.6 cm³/mol. The van der Waals surface area contributed by atoms with Crippen molar-refractivity contribution >= 4 is 17.5 Å². The zero-order valence-electron chi connectivity index (χ0n) is 16.4. The average Bonchev–Trinajstić information content (AvgIpc) is 2.92. The highest BCUT2D eigenvalue weighted by atomic mass is 19.1. The molecule has 0 spiro atoms. The van der Waals surface area contributed by atoms with Crippen LogP contribution in [0.1, 0.15) is 53.9 Å². The van der Waals surface area contributed by atoms with Gasteiger partial charge in [-0.1, -0.05) is 13.8 Å². The number of aliphatic hydroxyl groups excluding tert-OH is 1. The molecule has 2 bridgehead atoms. The lowest BCUT2D eigenvalue weighted by molar-refractivity contribution is -0.179. The molecule has 0 aromatic heterocycles. The summed E-state index contributed by atoms with van der Waals surface area (Å²) in [6.07, 6.45) is -6.11. The molecule has 0 saturated carbocycles. The first-order valence-corrected chi connectivity index (χ1v) is 9.35. The Hall–Kier alpha value is -1.38. The molecule has 2 heterocycles. The van der Waals surface area contributed by atoms with Crippen LogP contribution in [-0.4, -0.2) is 63.4 Å². The number of esters is 1. The molecular weight excluding hydrogens is 359 g/mol. The minimum Gasteiger partial charge on any atom is -0.459 e. The lowest BCUT2D eigenvalue weighted by atomic mass is 9.83. The SMILES string of the molecule is CC[C@H]1OC(=O)[C@H](C)[C@@H](O)CC(=O)[C@@]2(C)C[C@@H](C)[C@H](O2)[C@@H](F)C(=O)[C@]1(C)O. The summed E-state index contributed by atoms with van der Waals surface area (Å²) in [5, 5.41) is 21.0. The number of carbonyl (C=O) groups is 3. The van der Waals surface area contributed by atoms with Gasteiger partial charge in [0.25, 0.3) is 0 Å². The third-order valence-electron chi connectivity index (χ3n) is 5.90. The van der Waals surface area contributed by atoms with Gasteiger partial charge >= 0.3 is 5.97 Å². The van der Waals surface area contributed by atoms with Crippen molar-refractivity contribution in [2.75, 3.05) is 0 Å². The molecule has 2 saturated heterocycles. The summed E-state index contributed by atoms with van der Waals surface area (Å²) in [5.74, 6) is -4.00. The fraction of sp³-hybridized carbons (Fsp3) is 0.842. The van der Waals surface area contributed by atoms with Crippen LogP contribution in [0, 0.1) is 11.8 Å². The van der Waals surface area contributed by atoms with E-state index in [2.05, 4.69) is 0 Å². The van der Waals surface area contributed by atoms with Crippen molar-refractivity contribution in [3.8, 4) is 0 Å². The van der Waals surface area contributed by atoms with E-state index in [1.54, 1.807) is 13.8 Å². The molecule has 0 aliphatic carbocycles. The van der Waals surface area contributed by atoms with Gasteiger partial charge in [0.15, 0.2) is 17.6 Å². The number of Topliss-reactive ketones (excluding diaryl/α,β-unsaturated/α-hetero) is 2. The van der Waals surface area contributed by atoms with E-state index >= 15 is 4.39 Å². The van der Waals surface area contributed by atoms with E-state index in [1.165, 1.54) is 13.8 Å². The number of carbonyl (C=O) groups excluding carboxylic acids is 3. The van der Waals surface area contributed by atoms with Crippen LogP contribution in [-0.2, 0) is 23.9 Å². The molecule has 27 heavy (non-hydrogen) atoms. The molecule has 2 N–H and O–H groups in total. The van der Waals surface area contributed by atoms with Gasteiger partial charge in [0, 0.05) is 6.42 Å². The predicted octanol–water partition coefficient (Wildman–Crippen LogP) is 1.12. The van der Waals surface area contributed by atoms with Crippen molar-refractivity contribution in [3.05, 3.63) is 0 Å². The molecule has 7 nitrogen and oxygen atoms in total. The molecule has 2 aliphatic heterocycles. The summed E-state index contributed by atoms with van der Waals surface area (Å²) in [6, 6.07) is 0. The van der Waals surface area contributed by atoms with Crippen LogP contribution in [0.2, 0.25) is 0 Å². The zero-order chi connectivity index (χ0) is 20.7. The van der Waals surface area contributed by atoms with E-state index in [4.69, 9.17) is 9.47 Å². The maximum atomic E-state index is 15.0. The molecule has 0 aromatic carbocycles. The fourth-order valence-corrected chi connectivity index (χ4v) is 3.89. The largest absolute Gasteiger partial charge is 0.459 e. The molecule has 2 fully saturated rings. The Kier molecular flexibility index (Phi) is 6.14. The van der Waals surface area contributed by atoms with Gasteiger partial charge in [-0.3, -0.25) is 14.4 Å². The number of halogens is 1. The Balaban J connectivity index is 2.47. The minimum absolute atomic E-state index is 0.0672. The Morgan fingerprint density at radius 2 is 1.81 bits per heavy atom. The number of rotatable bonds is 1. The van der Waals surface area contributed by atoms with Gasteiger partial charge in [0.05, 0.1) is 18.1 Å². The number of hydrogen-bond donors (Lipinski definition) is 2. The van der Waals surface area contributed by atoms with Crippen LogP contribution in [0.3, 0.4) is 0 Å². The molecule has 0 radical (unpaired) electrons. The van der Waals surface area contributed by atoms with Crippen molar-refractivity contribution in [3.63, 3.8) is 0 Å². The third kappa shape index (κ3) is 3.93. The normalized spacial score (nSPS) is 47.0. The average molecular weight is 388 g/mol. The van der Waals surface area contributed by atoms with Crippen LogP contribution >= 0.6 is 0 Å². The second kappa shape index (κ2) is 7.56. The smallest absolute Gasteiger partial charge is 0.311 e. The second-order valence-corrected chi connectivity index (χ2v) is 8.23. The summed E-state index contributed by atoms with van der Waals surface area (Å²) < 4.78 is 25.9. The highest BCUT2D eigenvalue weighted by molar-refractivity contribution is 5.93. The molecule has 8 heteroatoms. The second-order valence-electron chi connectivity index (χ2n) is 8.23. The van der Waals surface area contributed by atoms with Gasteiger partial charge in [-0.2, -0.15) is 0 Å². The minimum atomic E-state index is -2.27. The van der Waals surface area contributed by atoms with Crippen molar-refractivity contribution in [2.24, 2.45) is 11.8 Å². The lowest BCUT2D eigenvalue weighted by Gasteiger charge is -2.33. The first-order valence-electron chi connectivity index (χ1n) is 9.35. The summed E-state index contributed by atoms with van der Waals surface area (Å²) in [5.41, 5.74) is -3.64. The molecule has 2 rings (SSSR count). The van der Waals surface area contributed by atoms with Crippen molar-refractivity contribution < 1.29 is 38.5 Å². The van der Waals surface area contributed by atoms with Gasteiger partial charge in [-0.15, -0.1) is 0 Å². The first-order chi connectivity index (χ1) is 12.3. The maximum absolute atomic E-state index is 15.0. The number of hydrogen-bond acceptors (Lipinski definition) is 7. The van der Waals surface area contributed by atoms with Crippen LogP contribution < -0.4 is 0 Å². The summed E-state index contributed by atoms with van der Waals surface area (Å²) in [7, 11) is 0. The van der Waals surface area contributed by atoms with E-state index in [0.29, 0.717) is 0 Å². The Morgan fingerprint density at radius 3 is 2.37 bits per heavy atom. The van der Waals surface area contributed by atoms with Gasteiger partial charge in [-0.05, 0) is 39.5 Å². The van der Waals surface area contributed by atoms with Gasteiger partial charge in [0.2, 0.25) is 5.78 Å². The van der Waals surface area contributed by atoms with E-state index < -0.39 is 65.1 Å². The van der Waals surface area contributed by atoms with E-state index in [9.17, 15) is 24.6 Å². The summed E-state index contributed by atoms with van der Waals surface area (Å²) in [4.78, 5) is 37.7. The fourth-order valence-electron chi connectivity index (χ4n) is 3.89. The van der Waals surface area contributed by atoms with Gasteiger partial charge in [-0.25, -0.2) is 4.39 Å². The van der Waals surface area contributed by atoms with E-state index in [1.807, 2.05) is 0 Å². The number of cyclic esters (lactones) is 1. The van der Waals surface area contributed by atoms with Crippen molar-refractivity contribution in [1.29, 1.82) is 0 Å². The highest BCUT2D eigenvalue weighted by Crippen LogP contribution is 2.40. The molecule has 0 aromatic rings. The Bertz CT molecular complexity index is 619. The lowest BCUT2D eigenvalue weighted by Crippen LogP contribution is -2.55. The molecular formula is C19H29FO7. The number of ether oxygens (including phenoxy) is 2. The number of aliphatic hydroxyl groups is 2. The Labute approximate surface area is 158 Å². The quantitative estimate of drug-likeness (QED) is 0.648. The number of fused-ring (bicyclic) bond motifs is 2. The molecule has 8 atom stereocenters. The van der Waals surface area contributed by atoms with E-state index in [-0.39, 0.29) is 19.3 Å². The maximum Gasteiger partial charge on any atom is 0.311 e. The molecule has 154 valence electrons. The van der Waals surface area contributed by atoms with Crippen LogP contribution in [0.5, 0.6) is 0 Å². The van der Waals surface area contributed by atoms with Gasteiger partial charge in [0.1, 0.15) is 11.7 Å². The molecule has 0 unspecified atom stereocenters. The van der Waals surface area contributed by atoms with Crippen LogP contribution in [0.4, 0.5) is 4.39 Å². The van der Waals surface area contributed by atoms with Crippen molar-refractivity contribution in [1.82, 2.24) is 0 Å².